The van der Waals surface area contributed by atoms with Crippen LogP contribution in [0.5, 0.6) is 0 Å². The largest absolute Gasteiger partial charge is 0.392 e. The van der Waals surface area contributed by atoms with E-state index in [4.69, 9.17) is 4.84 Å². The van der Waals surface area contributed by atoms with Crippen molar-refractivity contribution in [2.75, 3.05) is 0 Å². The first-order chi connectivity index (χ1) is 16.2. The number of benzene rings is 4. The van der Waals surface area contributed by atoms with Crippen molar-refractivity contribution >= 4 is 12.0 Å². The number of carbonyl (C=O) groups excluding carboxylic acids is 1. The van der Waals surface area contributed by atoms with Gasteiger partial charge < -0.3 is 9.94 Å². The molecule has 0 saturated carbocycles. The number of aliphatic hydroxyl groups is 1. The summed E-state index contributed by atoms with van der Waals surface area (Å²) in [5.41, 5.74) is 3.78. The molecule has 1 N–H and O–H groups in total. The summed E-state index contributed by atoms with van der Waals surface area (Å²) in [6, 6.07) is 30.0. The van der Waals surface area contributed by atoms with E-state index in [0.717, 1.165) is 11.1 Å². The van der Waals surface area contributed by atoms with Gasteiger partial charge in [0.15, 0.2) is 11.9 Å². The van der Waals surface area contributed by atoms with Gasteiger partial charge >= 0.3 is 0 Å². The van der Waals surface area contributed by atoms with Crippen LogP contribution in [0.25, 0.3) is 0 Å². The minimum atomic E-state index is -0.412. The molecule has 0 aliphatic carbocycles. The molecule has 4 aromatic carbocycles. The van der Waals surface area contributed by atoms with Gasteiger partial charge in [0, 0.05) is 11.1 Å². The smallest absolute Gasteiger partial charge is 0.193 e. The lowest BCUT2D eigenvalue weighted by molar-refractivity contribution is 0.0888. The maximum atomic E-state index is 13.2. The maximum absolute atomic E-state index is 13.2. The van der Waals surface area contributed by atoms with E-state index in [-0.39, 0.29) is 18.5 Å². The monoisotopic (exact) mass is 439 g/mol. The molecular formula is C28H22FNO3. The quantitative estimate of drug-likeness (QED) is 0.218. The van der Waals surface area contributed by atoms with Gasteiger partial charge in [-0.2, -0.15) is 0 Å². The Bertz CT molecular complexity index is 1200. The number of aliphatic hydroxyl groups excluding tert-OH is 1. The summed E-state index contributed by atoms with van der Waals surface area (Å²) in [7, 11) is 0. The molecule has 0 aliphatic heterocycles. The summed E-state index contributed by atoms with van der Waals surface area (Å²) >= 11 is 0. The Morgan fingerprint density at radius 3 is 2.06 bits per heavy atom. The number of hydrogen-bond donors (Lipinski definition) is 1. The molecule has 0 atom stereocenters. The van der Waals surface area contributed by atoms with Crippen molar-refractivity contribution in [3.05, 3.63) is 142 Å². The SMILES string of the molecule is O=C(c1ccc(F)cc1)c1ccc(/C=N/OC(c2ccccc2)c2ccccc2)cc1CO. The highest BCUT2D eigenvalue weighted by atomic mass is 19.1. The lowest BCUT2D eigenvalue weighted by Gasteiger charge is -2.15. The molecule has 0 aliphatic rings. The second kappa shape index (κ2) is 10.5. The van der Waals surface area contributed by atoms with Crippen LogP contribution < -0.4 is 0 Å². The van der Waals surface area contributed by atoms with Crippen molar-refractivity contribution in [3.8, 4) is 0 Å². The summed E-state index contributed by atoms with van der Waals surface area (Å²) in [6.45, 7) is -0.318. The molecule has 0 fully saturated rings. The van der Waals surface area contributed by atoms with Crippen LogP contribution in [0, 0.1) is 5.82 Å². The van der Waals surface area contributed by atoms with Crippen LogP contribution in [0.2, 0.25) is 0 Å². The zero-order valence-corrected chi connectivity index (χ0v) is 17.8. The molecule has 0 heterocycles. The van der Waals surface area contributed by atoms with Gasteiger partial charge in [-0.05, 0) is 52.6 Å². The van der Waals surface area contributed by atoms with Gasteiger partial charge in [-0.15, -0.1) is 0 Å². The van der Waals surface area contributed by atoms with Crippen molar-refractivity contribution in [1.82, 2.24) is 0 Å². The minimum absolute atomic E-state index is 0.285. The molecule has 5 heteroatoms. The summed E-state index contributed by atoms with van der Waals surface area (Å²) in [4.78, 5) is 18.6. The molecule has 0 saturated heterocycles. The van der Waals surface area contributed by atoms with Crippen LogP contribution in [-0.2, 0) is 11.4 Å². The van der Waals surface area contributed by atoms with Crippen LogP contribution in [-0.4, -0.2) is 17.1 Å². The zero-order valence-electron chi connectivity index (χ0n) is 17.8. The third kappa shape index (κ3) is 5.40. The van der Waals surface area contributed by atoms with E-state index >= 15 is 0 Å². The predicted octanol–water partition coefficient (Wildman–Crippen LogP) is 5.69. The van der Waals surface area contributed by atoms with Crippen LogP contribution in [0.1, 0.15) is 44.3 Å². The zero-order chi connectivity index (χ0) is 23.0. The van der Waals surface area contributed by atoms with Crippen molar-refractivity contribution in [3.63, 3.8) is 0 Å². The first kappa shape index (κ1) is 22.1. The van der Waals surface area contributed by atoms with E-state index in [1.54, 1.807) is 24.4 Å². The van der Waals surface area contributed by atoms with Crippen molar-refractivity contribution in [2.45, 2.75) is 12.7 Å². The first-order valence-corrected chi connectivity index (χ1v) is 10.5. The highest BCUT2D eigenvalue weighted by Crippen LogP contribution is 2.26. The Labute approximate surface area is 191 Å². The Kier molecular flexibility index (Phi) is 7.03. The van der Waals surface area contributed by atoms with Gasteiger partial charge in [0.25, 0.3) is 0 Å². The Hall–Kier alpha value is -4.09. The summed E-state index contributed by atoms with van der Waals surface area (Å²) in [6.07, 6.45) is 1.17. The number of rotatable bonds is 8. The van der Waals surface area contributed by atoms with Gasteiger partial charge in [-0.25, -0.2) is 4.39 Å². The highest BCUT2D eigenvalue weighted by molar-refractivity contribution is 6.10. The number of ketones is 1. The van der Waals surface area contributed by atoms with E-state index in [0.29, 0.717) is 22.3 Å². The van der Waals surface area contributed by atoms with Gasteiger partial charge in [0.1, 0.15) is 5.82 Å². The third-order valence-electron chi connectivity index (χ3n) is 5.22. The van der Waals surface area contributed by atoms with Gasteiger partial charge in [0.2, 0.25) is 0 Å². The van der Waals surface area contributed by atoms with Crippen LogP contribution >= 0.6 is 0 Å². The molecule has 0 radical (unpaired) electrons. The van der Waals surface area contributed by atoms with Crippen LogP contribution in [0.15, 0.2) is 108 Å². The van der Waals surface area contributed by atoms with Gasteiger partial charge in [-0.3, -0.25) is 4.79 Å². The molecule has 164 valence electrons. The fraction of sp³-hybridized carbons (Fsp3) is 0.0714. The van der Waals surface area contributed by atoms with Crippen LogP contribution in [0.4, 0.5) is 4.39 Å². The minimum Gasteiger partial charge on any atom is -0.392 e. The Morgan fingerprint density at radius 2 is 1.48 bits per heavy atom. The van der Waals surface area contributed by atoms with E-state index in [9.17, 15) is 14.3 Å². The number of nitrogens with zero attached hydrogens (tertiary/aromatic N) is 1. The van der Waals surface area contributed by atoms with E-state index in [1.807, 2.05) is 60.7 Å². The van der Waals surface area contributed by atoms with E-state index in [1.165, 1.54) is 24.3 Å². The molecule has 4 aromatic rings. The average molecular weight is 439 g/mol. The predicted molar refractivity (Wildman–Crippen MR) is 126 cm³/mol. The van der Waals surface area contributed by atoms with Crippen LogP contribution in [0.3, 0.4) is 0 Å². The first-order valence-electron chi connectivity index (χ1n) is 10.5. The van der Waals surface area contributed by atoms with E-state index < -0.39 is 5.82 Å². The normalized spacial score (nSPS) is 11.1. The lowest BCUT2D eigenvalue weighted by Crippen LogP contribution is -2.07. The highest BCUT2D eigenvalue weighted by Gasteiger charge is 2.16. The van der Waals surface area contributed by atoms with Gasteiger partial charge in [0.05, 0.1) is 12.8 Å². The molecule has 0 bridgehead atoms. The molecule has 0 unspecified atom stereocenters. The molecule has 0 spiro atoms. The number of hydrogen-bond acceptors (Lipinski definition) is 4. The van der Waals surface area contributed by atoms with Crippen molar-refractivity contribution in [1.29, 1.82) is 0 Å². The second-order valence-electron chi connectivity index (χ2n) is 7.45. The van der Waals surface area contributed by atoms with Crippen molar-refractivity contribution < 1.29 is 19.1 Å². The third-order valence-corrected chi connectivity index (χ3v) is 5.22. The second-order valence-corrected chi connectivity index (χ2v) is 7.45. The fourth-order valence-electron chi connectivity index (χ4n) is 3.53. The molecule has 0 amide bonds. The number of oxime groups is 1. The average Bonchev–Trinajstić information content (AvgIpc) is 2.87. The number of carbonyl (C=O) groups is 1. The topological polar surface area (TPSA) is 58.9 Å². The summed E-state index contributed by atoms with van der Waals surface area (Å²) in [5.74, 6) is -0.697. The Morgan fingerprint density at radius 1 is 0.879 bits per heavy atom. The number of halogens is 1. The summed E-state index contributed by atoms with van der Waals surface area (Å²) in [5, 5.41) is 14.0. The summed E-state index contributed by atoms with van der Waals surface area (Å²) < 4.78 is 13.2. The van der Waals surface area contributed by atoms with E-state index in [2.05, 4.69) is 5.16 Å². The van der Waals surface area contributed by atoms with Gasteiger partial charge in [-0.1, -0.05) is 78.0 Å². The lowest BCUT2D eigenvalue weighted by atomic mass is 9.97. The Balaban J connectivity index is 1.55. The fourth-order valence-corrected chi connectivity index (χ4v) is 3.53. The standard InChI is InChI=1S/C28H22FNO3/c29-25-14-12-21(13-15-25)27(32)26-16-11-20(17-24(26)19-31)18-30-33-28(22-7-3-1-4-8-22)23-9-5-2-6-10-23/h1-18,28,31H,19H2/b30-18+. The maximum Gasteiger partial charge on any atom is 0.193 e. The molecule has 33 heavy (non-hydrogen) atoms. The molecule has 4 rings (SSSR count). The van der Waals surface area contributed by atoms with Crippen molar-refractivity contribution in [2.24, 2.45) is 5.16 Å². The molecule has 4 nitrogen and oxygen atoms in total. The molecular weight excluding hydrogens is 417 g/mol. The molecule has 0 aromatic heterocycles.